The quantitative estimate of drug-likeness (QED) is 0.283. The standard InChI is InChI=1S/C26H22ClN3O4S2/c1-14-19-12-17(35-23(19)36-21(14)26(10-11-26)24(31)32)9-8-16-13-28-30(3)22(16)29-25(33)34-15(2)18-6-4-5-7-20(18)27/h4-7,12-13,15H,10-11H2,1-3H3,(H,29,33)(H,31,32). The van der Waals surface area contributed by atoms with Crippen LogP contribution in [0.25, 0.3) is 9.40 Å². The number of fused-ring (bicyclic) bond motifs is 1. The van der Waals surface area contributed by atoms with Gasteiger partial charge in [0.25, 0.3) is 0 Å². The van der Waals surface area contributed by atoms with E-state index >= 15 is 0 Å². The van der Waals surface area contributed by atoms with E-state index in [1.807, 2.05) is 31.2 Å². The summed E-state index contributed by atoms with van der Waals surface area (Å²) in [4.78, 5) is 26.1. The van der Waals surface area contributed by atoms with E-state index in [0.29, 0.717) is 34.8 Å². The number of nitrogens with zero attached hydrogens (tertiary/aromatic N) is 2. The van der Waals surface area contributed by atoms with Gasteiger partial charge in [-0.2, -0.15) is 5.10 Å². The Kier molecular flexibility index (Phi) is 6.29. The molecule has 10 heteroatoms. The van der Waals surface area contributed by atoms with Crippen LogP contribution in [0.2, 0.25) is 5.02 Å². The van der Waals surface area contributed by atoms with E-state index in [9.17, 15) is 14.7 Å². The smallest absolute Gasteiger partial charge is 0.413 e. The number of nitrogens with one attached hydrogen (secondary N) is 1. The number of thiophene rings is 2. The monoisotopic (exact) mass is 539 g/mol. The molecule has 7 nitrogen and oxygen atoms in total. The van der Waals surface area contributed by atoms with Gasteiger partial charge in [0.1, 0.15) is 17.3 Å². The summed E-state index contributed by atoms with van der Waals surface area (Å²) in [7, 11) is 1.71. The van der Waals surface area contributed by atoms with E-state index in [0.717, 1.165) is 24.7 Å². The first-order valence-electron chi connectivity index (χ1n) is 11.2. The molecule has 1 atom stereocenters. The van der Waals surface area contributed by atoms with Gasteiger partial charge in [-0.25, -0.2) is 4.79 Å². The average Bonchev–Trinajstić information content (AvgIpc) is 3.32. The molecule has 4 aromatic rings. The summed E-state index contributed by atoms with van der Waals surface area (Å²) in [5, 5.41) is 18.2. The highest BCUT2D eigenvalue weighted by molar-refractivity contribution is 7.38. The van der Waals surface area contributed by atoms with Gasteiger partial charge in [0.05, 0.1) is 20.7 Å². The molecule has 36 heavy (non-hydrogen) atoms. The van der Waals surface area contributed by atoms with E-state index < -0.39 is 23.6 Å². The van der Waals surface area contributed by atoms with Crippen LogP contribution in [0.5, 0.6) is 0 Å². The molecule has 1 saturated carbocycles. The van der Waals surface area contributed by atoms with E-state index in [2.05, 4.69) is 22.3 Å². The highest BCUT2D eigenvalue weighted by atomic mass is 35.5. The van der Waals surface area contributed by atoms with Crippen molar-refractivity contribution in [2.45, 2.75) is 38.2 Å². The Balaban J connectivity index is 1.33. The lowest BCUT2D eigenvalue weighted by Crippen LogP contribution is -2.18. The van der Waals surface area contributed by atoms with Gasteiger partial charge in [-0.05, 0) is 44.4 Å². The van der Waals surface area contributed by atoms with Gasteiger partial charge in [0.2, 0.25) is 0 Å². The Morgan fingerprint density at radius 1 is 1.28 bits per heavy atom. The number of carboxylic acids is 1. The molecule has 1 aliphatic carbocycles. The fourth-order valence-electron chi connectivity index (χ4n) is 4.15. The van der Waals surface area contributed by atoms with E-state index in [4.69, 9.17) is 16.3 Å². The number of rotatable bonds is 5. The van der Waals surface area contributed by atoms with Gasteiger partial charge < -0.3 is 9.84 Å². The minimum Gasteiger partial charge on any atom is -0.481 e. The Morgan fingerprint density at radius 2 is 2.03 bits per heavy atom. The number of benzene rings is 1. The second-order valence-corrected chi connectivity index (χ2v) is 11.5. The minimum atomic E-state index is -0.740. The lowest BCUT2D eigenvalue weighted by Gasteiger charge is -2.15. The molecule has 1 aromatic carbocycles. The molecule has 0 bridgehead atoms. The lowest BCUT2D eigenvalue weighted by atomic mass is 10.0. The molecule has 0 aliphatic heterocycles. The number of hydrogen-bond acceptors (Lipinski definition) is 6. The van der Waals surface area contributed by atoms with Crippen LogP contribution in [0, 0.1) is 18.8 Å². The maximum Gasteiger partial charge on any atom is 0.413 e. The summed E-state index contributed by atoms with van der Waals surface area (Å²) in [6, 6.07) is 9.21. The topological polar surface area (TPSA) is 93.5 Å². The van der Waals surface area contributed by atoms with Gasteiger partial charge in [0.15, 0.2) is 0 Å². The fraction of sp³-hybridized carbons (Fsp3) is 0.269. The molecule has 0 saturated heterocycles. The molecule has 1 aliphatic rings. The largest absolute Gasteiger partial charge is 0.481 e. The number of carbonyl (C=O) groups is 2. The van der Waals surface area contributed by atoms with Crippen LogP contribution in [0.3, 0.4) is 0 Å². The van der Waals surface area contributed by atoms with Crippen LogP contribution in [0.1, 0.15) is 52.3 Å². The number of carbonyl (C=O) groups excluding carboxylic acids is 1. The van der Waals surface area contributed by atoms with Gasteiger partial charge in [-0.1, -0.05) is 41.6 Å². The van der Waals surface area contributed by atoms with Crippen molar-refractivity contribution >= 4 is 61.6 Å². The first kappa shape index (κ1) is 24.4. The fourth-order valence-corrected chi connectivity index (χ4v) is 7.18. The summed E-state index contributed by atoms with van der Waals surface area (Å²) >= 11 is 9.30. The van der Waals surface area contributed by atoms with Crippen molar-refractivity contribution in [3.63, 3.8) is 0 Å². The second kappa shape index (κ2) is 9.28. The first-order chi connectivity index (χ1) is 17.2. The Bertz CT molecular complexity index is 1570. The van der Waals surface area contributed by atoms with Crippen LogP contribution in [-0.2, 0) is 22.0 Å². The molecule has 1 fully saturated rings. The number of aryl methyl sites for hydroxylation is 2. The highest BCUT2D eigenvalue weighted by Crippen LogP contribution is 2.54. The second-order valence-electron chi connectivity index (χ2n) is 8.73. The van der Waals surface area contributed by atoms with Crippen LogP contribution in [0.4, 0.5) is 10.6 Å². The Hall–Kier alpha value is -3.32. The van der Waals surface area contributed by atoms with Crippen molar-refractivity contribution in [2.24, 2.45) is 7.05 Å². The first-order valence-corrected chi connectivity index (χ1v) is 13.2. The zero-order chi connectivity index (χ0) is 25.6. The third kappa shape index (κ3) is 4.37. The predicted molar refractivity (Wildman–Crippen MR) is 142 cm³/mol. The Morgan fingerprint density at radius 3 is 2.69 bits per heavy atom. The molecule has 3 heterocycles. The molecular formula is C26H22ClN3O4S2. The summed E-state index contributed by atoms with van der Waals surface area (Å²) in [5.74, 6) is 5.93. The van der Waals surface area contributed by atoms with Crippen molar-refractivity contribution in [2.75, 3.05) is 5.32 Å². The van der Waals surface area contributed by atoms with Crippen LogP contribution < -0.4 is 5.32 Å². The van der Waals surface area contributed by atoms with Crippen LogP contribution >= 0.6 is 34.3 Å². The van der Waals surface area contributed by atoms with Crippen LogP contribution in [0.15, 0.2) is 36.5 Å². The van der Waals surface area contributed by atoms with Crippen molar-refractivity contribution < 1.29 is 19.4 Å². The van der Waals surface area contributed by atoms with E-state index in [-0.39, 0.29) is 0 Å². The number of carboxylic acid groups (broad SMARTS) is 1. The lowest BCUT2D eigenvalue weighted by molar-refractivity contribution is -0.139. The van der Waals surface area contributed by atoms with Gasteiger partial charge in [-0.15, -0.1) is 22.7 Å². The highest BCUT2D eigenvalue weighted by Gasteiger charge is 2.53. The number of aromatic nitrogens is 2. The van der Waals surface area contributed by atoms with E-state index in [1.54, 1.807) is 48.9 Å². The maximum atomic E-state index is 12.6. The van der Waals surface area contributed by atoms with Crippen molar-refractivity contribution in [1.29, 1.82) is 0 Å². The number of amides is 1. The zero-order valence-electron chi connectivity index (χ0n) is 19.7. The summed E-state index contributed by atoms with van der Waals surface area (Å²) in [5.41, 5.74) is 1.59. The zero-order valence-corrected chi connectivity index (χ0v) is 22.1. The molecular weight excluding hydrogens is 518 g/mol. The summed E-state index contributed by atoms with van der Waals surface area (Å²) < 4.78 is 8.10. The molecule has 1 unspecified atom stereocenters. The predicted octanol–water partition coefficient (Wildman–Crippen LogP) is 6.48. The molecule has 0 radical (unpaired) electrons. The third-order valence-electron chi connectivity index (χ3n) is 6.34. The number of anilines is 1. The summed E-state index contributed by atoms with van der Waals surface area (Å²) in [6.07, 6.45) is 1.80. The van der Waals surface area contributed by atoms with Crippen LogP contribution in [-0.4, -0.2) is 26.9 Å². The molecule has 2 N–H and O–H groups in total. The van der Waals surface area contributed by atoms with Gasteiger partial charge in [0, 0.05) is 27.9 Å². The SMILES string of the molecule is Cc1c(C2(C(=O)O)CC2)sc2sc(C#Cc3cnn(C)c3NC(=O)OC(C)c3ccccc3Cl)cc12. The van der Waals surface area contributed by atoms with E-state index in [1.165, 1.54) is 4.68 Å². The molecule has 1 amide bonds. The normalized spacial score (nSPS) is 14.7. The molecule has 184 valence electrons. The van der Waals surface area contributed by atoms with Crippen molar-refractivity contribution in [1.82, 2.24) is 9.78 Å². The van der Waals surface area contributed by atoms with Crippen molar-refractivity contribution in [3.8, 4) is 11.8 Å². The minimum absolute atomic E-state index is 0.424. The third-order valence-corrected chi connectivity index (χ3v) is 9.33. The number of ether oxygens (including phenoxy) is 1. The van der Waals surface area contributed by atoms with Gasteiger partial charge >= 0.3 is 12.1 Å². The Labute approximate surface area is 220 Å². The number of hydrogen-bond donors (Lipinski definition) is 2. The summed E-state index contributed by atoms with van der Waals surface area (Å²) in [6.45, 7) is 3.74. The maximum absolute atomic E-state index is 12.6. The number of aliphatic carboxylic acids is 1. The van der Waals surface area contributed by atoms with Gasteiger partial charge in [-0.3, -0.25) is 14.8 Å². The number of halogens is 1. The van der Waals surface area contributed by atoms with Crippen molar-refractivity contribution in [3.05, 3.63) is 68.0 Å². The average molecular weight is 540 g/mol. The molecule has 3 aromatic heterocycles. The molecule has 5 rings (SSSR count). The molecule has 0 spiro atoms.